The minimum absolute atomic E-state index is 0. The Morgan fingerprint density at radius 1 is 0.331 bits per heavy atom. The molecule has 15 N–H and O–H groups in total. The summed E-state index contributed by atoms with van der Waals surface area (Å²) in [6.07, 6.45) is 15.4. The molecule has 16 rings (SSSR count). The van der Waals surface area contributed by atoms with Gasteiger partial charge in [0, 0.05) is 85.4 Å². The molecule has 0 aliphatic rings. The predicted octanol–water partition coefficient (Wildman–Crippen LogP) is 18.3. The molecule has 37 heteroatoms. The first-order valence-corrected chi connectivity index (χ1v) is 51.6. The molecule has 8 aromatic carbocycles. The number of nitrogens with two attached hydrogens (primary N) is 2. The van der Waals surface area contributed by atoms with Gasteiger partial charge in [-0.1, -0.05) is 161 Å². The quantitative estimate of drug-likeness (QED) is 0.0174. The second kappa shape index (κ2) is 47.1. The van der Waals surface area contributed by atoms with Crippen molar-refractivity contribution in [2.24, 2.45) is 0 Å². The van der Waals surface area contributed by atoms with Crippen molar-refractivity contribution in [2.75, 3.05) is 31.3 Å². The smallest absolute Gasteiger partial charge is 0.255 e. The molecule has 0 radical (unpaired) electrons. The molecule has 0 saturated heterocycles. The van der Waals surface area contributed by atoms with Gasteiger partial charge in [-0.2, -0.15) is 0 Å². The first-order valence-electron chi connectivity index (χ1n) is 45.5. The number of fused-ring (bicyclic) bond motifs is 4. The molecular weight excluding hydrogens is 1880 g/mol. The molecule has 4 amide bonds. The standard InChI is InChI=1S/C27H30N4O3S.C26H28N4O4S.2C25H27N5O4S.2CH4.5H2/c1-5-6-23(19-9-7-18(4)8-10-19)31-27(32)22-15-28-26-25(22)30-24(16-29-26)20-11-13-21(14-12-20)35(33,34)17(2)3;1-16(2)35(33,34)20-10-8-19(9-11-20)23-15-28-25-24(29-23)21(14-27-25)26(32)30-22(12-13-31)18-6-4-17(3)5-7-18;1-15(2)35(33,34)19-9-5-17(6-10-19)22-14-28-24-23(29-22)20(13-27-24)25(32)30-21(11-12-31)16-3-7-18(26)8-4-16;1-15(2)35(33,34)19-8-6-16(7-9-19)22-14-28-24-23(29-22)20(13-27-24)25(32)30-21(10-11-31)17-4-3-5-18(26)12-17;;;;;;;/h7-17,23H,5-6H2,1-4H3,(H,28,29)(H,31,32);4-11,14-16,22,31H,12-13H2,1-3H3,(H,27,28)(H,30,32);3-10,13-15,21,31H,11-12,26H2,1-2H3,(H,27,28)(H,30,32);3-9,12-15,21,31H,10-11,26H2,1-2H3,(H,27,28)(H,30,32);2*1H4;5*1H/t23-;;;;;;;;;;/m1........../s1. The van der Waals surface area contributed by atoms with Crippen LogP contribution < -0.4 is 32.7 Å². The SMILES string of the molecule is C.C.CC(C)S(=O)(=O)c1ccc(-c2cnc3[nH]cc(C(=O)NC(CCO)c4ccc(N)cc4)c3n2)cc1.CC(C)S(=O)(=O)c1ccc(-c2cnc3[nH]cc(C(=O)NC(CCO)c4cccc(N)c4)c3n2)cc1.CCC[C@@H](NC(=O)c1c[nH]c2ncc(-c3ccc(S(=O)(=O)C(C)C)cc3)nc12)c1ccc(C)cc1.Cc1ccc(C(CCO)NC(=O)c2c[nH]c3ncc(-c4ccc(S(=O)(=O)C(C)C)cc4)nc23)cc1.[HH].[HH].[HH].[HH].[HH]. The van der Waals surface area contributed by atoms with Gasteiger partial charge in [-0.3, -0.25) is 19.2 Å². The van der Waals surface area contributed by atoms with Crippen LogP contribution in [-0.4, -0.2) is 173 Å². The Kier molecular flexibility index (Phi) is 35.8. The summed E-state index contributed by atoms with van der Waals surface area (Å²) in [5.41, 5.74) is 28.4. The van der Waals surface area contributed by atoms with Crippen LogP contribution in [0.5, 0.6) is 0 Å². The number of benzene rings is 8. The Morgan fingerprint density at radius 2 is 0.570 bits per heavy atom. The summed E-state index contributed by atoms with van der Waals surface area (Å²) >= 11 is 0. The van der Waals surface area contributed by atoms with E-state index in [1.807, 2.05) is 80.6 Å². The third-order valence-electron chi connectivity index (χ3n) is 23.6. The third kappa shape index (κ3) is 25.2. The Morgan fingerprint density at radius 3 is 0.803 bits per heavy atom. The van der Waals surface area contributed by atoms with Gasteiger partial charge < -0.3 is 68.0 Å². The van der Waals surface area contributed by atoms with Gasteiger partial charge in [0.1, 0.15) is 22.1 Å². The number of carbonyl (C=O) groups excluding carboxylic acids is 4. The van der Waals surface area contributed by atoms with Gasteiger partial charge in [0.25, 0.3) is 23.6 Å². The van der Waals surface area contributed by atoms with Crippen molar-refractivity contribution >= 4 is 119 Å². The number of anilines is 2. The number of nitrogens with zero attached hydrogens (tertiary/aromatic N) is 8. The summed E-state index contributed by atoms with van der Waals surface area (Å²) < 4.78 is 99.2. The predicted molar refractivity (Wildman–Crippen MR) is 566 cm³/mol. The summed E-state index contributed by atoms with van der Waals surface area (Å²) in [6, 6.07) is 54.9. The maximum Gasteiger partial charge on any atom is 0.255 e. The van der Waals surface area contributed by atoms with Gasteiger partial charge >= 0.3 is 0 Å². The van der Waals surface area contributed by atoms with E-state index in [9.17, 15) is 68.2 Å². The number of aromatic amines is 4. The molecule has 0 bridgehead atoms. The van der Waals surface area contributed by atoms with Gasteiger partial charge in [0.15, 0.2) is 61.9 Å². The van der Waals surface area contributed by atoms with Crippen LogP contribution in [-0.2, 0) is 39.3 Å². The molecule has 0 aliphatic heterocycles. The summed E-state index contributed by atoms with van der Waals surface area (Å²) in [5.74, 6) is -1.29. The van der Waals surface area contributed by atoms with E-state index < -0.39 is 72.4 Å². The van der Waals surface area contributed by atoms with Crippen LogP contribution in [0.15, 0.2) is 263 Å². The van der Waals surface area contributed by atoms with E-state index in [-0.39, 0.29) is 97.1 Å². The van der Waals surface area contributed by atoms with Crippen LogP contribution in [0.2, 0.25) is 0 Å². The van der Waals surface area contributed by atoms with E-state index in [1.54, 1.807) is 226 Å². The normalized spacial score (nSPS) is 12.5. The molecule has 0 fully saturated rings. The first kappa shape index (κ1) is 108. The highest BCUT2D eigenvalue weighted by Gasteiger charge is 2.29. The van der Waals surface area contributed by atoms with Crippen LogP contribution in [0.1, 0.15) is 215 Å². The molecule has 0 spiro atoms. The van der Waals surface area contributed by atoms with Crippen molar-refractivity contribution < 1.29 is 75.3 Å². The highest BCUT2D eigenvalue weighted by molar-refractivity contribution is 7.93. The monoisotopic (exact) mass is 2010 g/mol. The number of nitrogens with one attached hydrogen (secondary N) is 8. The molecule has 3 unspecified atom stereocenters. The average Bonchev–Trinajstić information content (AvgIpc) is 1.63. The molecule has 4 atom stereocenters. The van der Waals surface area contributed by atoms with Crippen molar-refractivity contribution in [1.29, 1.82) is 0 Å². The number of H-pyrrole nitrogens is 4. The van der Waals surface area contributed by atoms with Crippen LogP contribution >= 0.6 is 0 Å². The number of hydrogen-bond acceptors (Lipinski definition) is 25. The van der Waals surface area contributed by atoms with Gasteiger partial charge in [-0.15, -0.1) is 0 Å². The van der Waals surface area contributed by atoms with E-state index in [1.165, 1.54) is 11.8 Å². The van der Waals surface area contributed by atoms with Crippen molar-refractivity contribution in [3.05, 3.63) is 299 Å². The van der Waals surface area contributed by atoms with Crippen LogP contribution in [0, 0.1) is 13.8 Å². The molecular formula is C105H130N18O15S4. The second-order valence-electron chi connectivity index (χ2n) is 34.7. The van der Waals surface area contributed by atoms with Crippen molar-refractivity contribution in [3.8, 4) is 45.0 Å². The van der Waals surface area contributed by atoms with Crippen LogP contribution in [0.3, 0.4) is 0 Å². The van der Waals surface area contributed by atoms with E-state index in [0.29, 0.717) is 137 Å². The van der Waals surface area contributed by atoms with E-state index in [2.05, 4.69) is 88.0 Å². The number of aliphatic hydroxyl groups excluding tert-OH is 3. The maximum absolute atomic E-state index is 13.2. The Bertz CT molecular complexity index is 7090. The molecule has 142 heavy (non-hydrogen) atoms. The highest BCUT2D eigenvalue weighted by Crippen LogP contribution is 2.34. The minimum Gasteiger partial charge on any atom is -0.399 e. The summed E-state index contributed by atoms with van der Waals surface area (Å²) in [7, 11) is -13.5. The van der Waals surface area contributed by atoms with Crippen LogP contribution in [0.25, 0.3) is 89.7 Å². The van der Waals surface area contributed by atoms with Crippen LogP contribution in [0.4, 0.5) is 11.4 Å². The molecule has 8 heterocycles. The number of carbonyl (C=O) groups is 4. The molecule has 0 aliphatic carbocycles. The molecule has 8 aromatic heterocycles. The first-order chi connectivity index (χ1) is 66.8. The van der Waals surface area contributed by atoms with Gasteiger partial charge in [-0.05, 0) is 190 Å². The van der Waals surface area contributed by atoms with Crippen molar-refractivity contribution in [2.45, 2.75) is 188 Å². The van der Waals surface area contributed by atoms with E-state index in [4.69, 9.17) is 11.5 Å². The Balaban J connectivity index is 0.000000295. The van der Waals surface area contributed by atoms with E-state index >= 15 is 0 Å². The molecule has 33 nitrogen and oxygen atoms in total. The number of aromatic nitrogens is 12. The summed E-state index contributed by atoms with van der Waals surface area (Å²) in [6.45, 7) is 19.0. The molecule has 754 valence electrons. The second-order valence-corrected chi connectivity index (χ2v) is 44.7. The summed E-state index contributed by atoms with van der Waals surface area (Å²) in [4.78, 5) is 102. The highest BCUT2D eigenvalue weighted by atomic mass is 32.2. The fourth-order valence-electron chi connectivity index (χ4n) is 15.2. The zero-order valence-electron chi connectivity index (χ0n) is 79.0. The Labute approximate surface area is 833 Å². The molecule has 16 aromatic rings. The number of sulfone groups is 4. The minimum atomic E-state index is -3.38. The van der Waals surface area contributed by atoms with Gasteiger partial charge in [-0.25, -0.2) is 73.5 Å². The summed E-state index contributed by atoms with van der Waals surface area (Å²) in [5, 5.41) is 38.5. The van der Waals surface area contributed by atoms with Crippen molar-refractivity contribution in [3.63, 3.8) is 0 Å². The lowest BCUT2D eigenvalue weighted by molar-refractivity contribution is 0.0922. The number of aryl methyl sites for hydroxylation is 2. The zero-order valence-corrected chi connectivity index (χ0v) is 82.2. The number of aliphatic hydroxyl groups is 3. The van der Waals surface area contributed by atoms with Gasteiger partial charge in [0.05, 0.1) is 135 Å². The maximum atomic E-state index is 13.2. The number of hydrogen-bond donors (Lipinski definition) is 13. The largest absolute Gasteiger partial charge is 0.399 e. The van der Waals surface area contributed by atoms with E-state index in [0.717, 1.165) is 46.2 Å². The fraction of sp³-hybridized carbons (Fsp3) is 0.276. The number of amides is 4. The fourth-order valence-corrected chi connectivity index (χ4v) is 19.4. The Hall–Kier alpha value is -14.6. The lowest BCUT2D eigenvalue weighted by atomic mass is 10.0. The third-order valence-corrected chi connectivity index (χ3v) is 32.2. The molecule has 0 saturated carbocycles. The lowest BCUT2D eigenvalue weighted by Gasteiger charge is -2.18. The van der Waals surface area contributed by atoms with Gasteiger partial charge in [0.2, 0.25) is 0 Å². The number of nitrogen functional groups attached to an aromatic ring is 2. The topological polar surface area (TPSA) is 532 Å². The zero-order chi connectivity index (χ0) is 101. The average molecular weight is 2010 g/mol. The van der Waals surface area contributed by atoms with Crippen molar-refractivity contribution in [1.82, 2.24) is 81.1 Å². The lowest BCUT2D eigenvalue weighted by Crippen LogP contribution is -2.29. The number of rotatable bonds is 32.